The fraction of sp³-hybridized carbons (Fsp3) is 0.346. The minimum Gasteiger partial charge on any atom is -0.490 e. The molecule has 0 heterocycles. The van der Waals surface area contributed by atoms with Gasteiger partial charge in [0.05, 0.1) is 20.8 Å². The topological polar surface area (TPSA) is 66.0 Å². The number of benzene rings is 3. The standard InChI is InChI=1S/C26H31NO5/c1-17-9-8-11-19(15-17)10-6-7-14-31-23-21-13-12-20(27-3)16-22(21)24(32-18(2)28)26(30-5)25(23)29-4/h8-9,11-13,15-16,27H,6-7,10,14H2,1-5H3. The molecule has 32 heavy (non-hydrogen) atoms. The number of anilines is 1. The van der Waals surface area contributed by atoms with Crippen molar-refractivity contribution < 1.29 is 23.7 Å². The number of esters is 1. The summed E-state index contributed by atoms with van der Waals surface area (Å²) in [7, 11) is 4.90. The van der Waals surface area contributed by atoms with Crippen molar-refractivity contribution in [2.45, 2.75) is 33.1 Å². The minimum atomic E-state index is -0.439. The summed E-state index contributed by atoms with van der Waals surface area (Å²) in [5.41, 5.74) is 3.48. The molecule has 0 saturated carbocycles. The second-order valence-electron chi connectivity index (χ2n) is 7.62. The van der Waals surface area contributed by atoms with E-state index in [1.165, 1.54) is 25.2 Å². The third-order valence-corrected chi connectivity index (χ3v) is 5.26. The molecule has 3 aromatic carbocycles. The van der Waals surface area contributed by atoms with Gasteiger partial charge in [0.25, 0.3) is 0 Å². The lowest BCUT2D eigenvalue weighted by Crippen LogP contribution is -2.07. The summed E-state index contributed by atoms with van der Waals surface area (Å²) in [6.45, 7) is 4.00. The minimum absolute atomic E-state index is 0.316. The van der Waals surface area contributed by atoms with Crippen molar-refractivity contribution in [3.05, 3.63) is 53.6 Å². The molecule has 0 atom stereocenters. The van der Waals surface area contributed by atoms with Gasteiger partial charge in [0.1, 0.15) is 0 Å². The number of ether oxygens (including phenoxy) is 4. The van der Waals surface area contributed by atoms with Crippen LogP contribution in [-0.2, 0) is 11.2 Å². The van der Waals surface area contributed by atoms with E-state index in [2.05, 4.69) is 36.5 Å². The molecule has 6 heteroatoms. The van der Waals surface area contributed by atoms with Crippen LogP contribution in [0.3, 0.4) is 0 Å². The third kappa shape index (κ3) is 5.25. The molecule has 0 unspecified atom stereocenters. The van der Waals surface area contributed by atoms with Crippen LogP contribution in [0.2, 0.25) is 0 Å². The number of hydrogen-bond acceptors (Lipinski definition) is 6. The Morgan fingerprint density at radius 1 is 0.906 bits per heavy atom. The summed E-state index contributed by atoms with van der Waals surface area (Å²) >= 11 is 0. The van der Waals surface area contributed by atoms with Crippen molar-refractivity contribution in [2.24, 2.45) is 0 Å². The average Bonchev–Trinajstić information content (AvgIpc) is 2.78. The molecule has 0 amide bonds. The number of unbranched alkanes of at least 4 members (excludes halogenated alkanes) is 1. The highest BCUT2D eigenvalue weighted by Gasteiger charge is 2.25. The van der Waals surface area contributed by atoms with Crippen LogP contribution < -0.4 is 24.3 Å². The summed E-state index contributed by atoms with van der Waals surface area (Å²) in [4.78, 5) is 11.8. The van der Waals surface area contributed by atoms with Gasteiger partial charge in [-0.15, -0.1) is 0 Å². The molecule has 0 aromatic heterocycles. The van der Waals surface area contributed by atoms with Gasteiger partial charge in [0.2, 0.25) is 11.5 Å². The van der Waals surface area contributed by atoms with E-state index in [-0.39, 0.29) is 0 Å². The Labute approximate surface area is 189 Å². The number of methoxy groups -OCH3 is 2. The lowest BCUT2D eigenvalue weighted by atomic mass is 10.0. The van der Waals surface area contributed by atoms with Crippen molar-refractivity contribution in [1.29, 1.82) is 0 Å². The SMILES string of the molecule is CNc1ccc2c(OCCCCc3cccc(C)c3)c(OC)c(OC)c(OC(C)=O)c2c1. The number of aryl methyl sites for hydroxylation is 2. The Morgan fingerprint density at radius 3 is 2.31 bits per heavy atom. The molecule has 6 nitrogen and oxygen atoms in total. The number of carbonyl (C=O) groups is 1. The van der Waals surface area contributed by atoms with E-state index in [0.29, 0.717) is 35.0 Å². The van der Waals surface area contributed by atoms with Crippen LogP contribution >= 0.6 is 0 Å². The molecule has 0 radical (unpaired) electrons. The lowest BCUT2D eigenvalue weighted by molar-refractivity contribution is -0.131. The Hall–Kier alpha value is -3.41. The maximum Gasteiger partial charge on any atom is 0.308 e. The van der Waals surface area contributed by atoms with Gasteiger partial charge in [0, 0.05) is 30.4 Å². The normalized spacial score (nSPS) is 10.7. The average molecular weight is 438 g/mol. The second kappa shape index (κ2) is 10.8. The molecule has 0 aliphatic carbocycles. The molecule has 170 valence electrons. The van der Waals surface area contributed by atoms with Crippen molar-refractivity contribution in [1.82, 2.24) is 0 Å². The molecule has 0 saturated heterocycles. The Balaban J connectivity index is 1.88. The molecule has 0 fully saturated rings. The highest BCUT2D eigenvalue weighted by Crippen LogP contribution is 2.51. The zero-order valence-corrected chi connectivity index (χ0v) is 19.4. The van der Waals surface area contributed by atoms with Gasteiger partial charge in [-0.3, -0.25) is 4.79 Å². The molecule has 1 N–H and O–H groups in total. The second-order valence-corrected chi connectivity index (χ2v) is 7.62. The highest BCUT2D eigenvalue weighted by molar-refractivity contribution is 6.01. The van der Waals surface area contributed by atoms with Crippen molar-refractivity contribution >= 4 is 22.4 Å². The fourth-order valence-corrected chi connectivity index (χ4v) is 3.77. The third-order valence-electron chi connectivity index (χ3n) is 5.26. The highest BCUT2D eigenvalue weighted by atomic mass is 16.6. The van der Waals surface area contributed by atoms with Gasteiger partial charge >= 0.3 is 5.97 Å². The maximum atomic E-state index is 11.8. The fourth-order valence-electron chi connectivity index (χ4n) is 3.77. The Morgan fingerprint density at radius 2 is 1.66 bits per heavy atom. The first kappa shape index (κ1) is 23.3. The van der Waals surface area contributed by atoms with Crippen LogP contribution in [0.15, 0.2) is 42.5 Å². The largest absolute Gasteiger partial charge is 0.490 e. The molecule has 3 aromatic rings. The molecule has 0 aliphatic heterocycles. The van der Waals surface area contributed by atoms with E-state index < -0.39 is 5.97 Å². The van der Waals surface area contributed by atoms with Crippen molar-refractivity contribution in [3.8, 4) is 23.0 Å². The van der Waals surface area contributed by atoms with E-state index in [4.69, 9.17) is 18.9 Å². The monoisotopic (exact) mass is 437 g/mol. The van der Waals surface area contributed by atoms with Gasteiger partial charge in [-0.25, -0.2) is 0 Å². The number of nitrogens with one attached hydrogen (secondary N) is 1. The van der Waals surface area contributed by atoms with E-state index in [9.17, 15) is 4.79 Å². The first-order chi connectivity index (χ1) is 15.5. The molecular formula is C26H31NO5. The van der Waals surface area contributed by atoms with Crippen LogP contribution in [0.25, 0.3) is 10.8 Å². The predicted molar refractivity (Wildman–Crippen MR) is 128 cm³/mol. The summed E-state index contributed by atoms with van der Waals surface area (Å²) in [6, 6.07) is 14.3. The molecular weight excluding hydrogens is 406 g/mol. The number of carbonyl (C=O) groups excluding carboxylic acids is 1. The van der Waals surface area contributed by atoms with Crippen molar-refractivity contribution in [2.75, 3.05) is 33.2 Å². The molecule has 0 aliphatic rings. The Bertz CT molecular complexity index is 1090. The summed E-state index contributed by atoms with van der Waals surface area (Å²) in [5.74, 6) is 1.20. The first-order valence-corrected chi connectivity index (χ1v) is 10.7. The quantitative estimate of drug-likeness (QED) is 0.255. The number of hydrogen-bond donors (Lipinski definition) is 1. The van der Waals surface area contributed by atoms with Gasteiger partial charge in [-0.1, -0.05) is 29.8 Å². The zero-order chi connectivity index (χ0) is 23.1. The van der Waals surface area contributed by atoms with Gasteiger partial charge < -0.3 is 24.3 Å². The lowest BCUT2D eigenvalue weighted by Gasteiger charge is -2.20. The zero-order valence-electron chi connectivity index (χ0n) is 19.4. The van der Waals surface area contributed by atoms with Gasteiger partial charge in [0.15, 0.2) is 11.5 Å². The number of fused-ring (bicyclic) bond motifs is 1. The summed E-state index contributed by atoms with van der Waals surface area (Å²) in [5, 5.41) is 4.61. The van der Waals surface area contributed by atoms with Gasteiger partial charge in [-0.05, 0) is 49.9 Å². The van der Waals surface area contributed by atoms with Crippen LogP contribution in [-0.4, -0.2) is 33.8 Å². The molecule has 3 rings (SSSR count). The Kier molecular flexibility index (Phi) is 7.82. The summed E-state index contributed by atoms with van der Waals surface area (Å²) in [6.07, 6.45) is 2.90. The van der Waals surface area contributed by atoms with Gasteiger partial charge in [-0.2, -0.15) is 0 Å². The van der Waals surface area contributed by atoms with E-state index >= 15 is 0 Å². The van der Waals surface area contributed by atoms with Crippen LogP contribution in [0, 0.1) is 6.92 Å². The van der Waals surface area contributed by atoms with E-state index in [0.717, 1.165) is 30.3 Å². The predicted octanol–water partition coefficient (Wildman–Crippen LogP) is 5.53. The van der Waals surface area contributed by atoms with Crippen LogP contribution in [0.4, 0.5) is 5.69 Å². The maximum absolute atomic E-state index is 11.8. The summed E-state index contributed by atoms with van der Waals surface area (Å²) < 4.78 is 23.0. The smallest absolute Gasteiger partial charge is 0.308 e. The van der Waals surface area contributed by atoms with Crippen molar-refractivity contribution in [3.63, 3.8) is 0 Å². The van der Waals surface area contributed by atoms with Crippen LogP contribution in [0.5, 0.6) is 23.0 Å². The first-order valence-electron chi connectivity index (χ1n) is 10.7. The van der Waals surface area contributed by atoms with E-state index in [1.807, 2.05) is 25.2 Å². The number of rotatable bonds is 10. The van der Waals surface area contributed by atoms with Crippen LogP contribution in [0.1, 0.15) is 30.9 Å². The molecule has 0 bridgehead atoms. The van der Waals surface area contributed by atoms with E-state index in [1.54, 1.807) is 7.11 Å². The molecule has 0 spiro atoms.